The van der Waals surface area contributed by atoms with E-state index in [4.69, 9.17) is 16.3 Å². The van der Waals surface area contributed by atoms with Crippen molar-refractivity contribution in [1.29, 1.82) is 10.5 Å². The van der Waals surface area contributed by atoms with E-state index in [9.17, 15) is 4.79 Å². The molecule has 6 heteroatoms. The molecule has 0 aromatic carbocycles. The van der Waals surface area contributed by atoms with Crippen LogP contribution in [0.5, 0.6) is 0 Å². The second-order valence-corrected chi connectivity index (χ2v) is 3.52. The van der Waals surface area contributed by atoms with Gasteiger partial charge in [0.05, 0.1) is 25.2 Å². The van der Waals surface area contributed by atoms with Crippen LogP contribution in [0, 0.1) is 22.7 Å². The van der Waals surface area contributed by atoms with E-state index in [1.807, 2.05) is 12.1 Å². The Kier molecular flexibility index (Phi) is 4.74. The average Bonchev–Trinajstić information content (AvgIpc) is 2.30. The number of nitrogen functional groups attached to an aromatic ring is 1. The number of pyridine rings is 1. The molecule has 0 saturated heterocycles. The molecule has 0 atom stereocenters. The van der Waals surface area contributed by atoms with Gasteiger partial charge in [-0.1, -0.05) is 0 Å². The molecular weight excluding hydrogens is 218 g/mol. The lowest BCUT2D eigenvalue weighted by Gasteiger charge is -2.15. The van der Waals surface area contributed by atoms with Gasteiger partial charge in [0.25, 0.3) is 5.56 Å². The average molecular weight is 231 g/mol. The van der Waals surface area contributed by atoms with Crippen molar-refractivity contribution in [3.63, 3.8) is 0 Å². The largest absolute Gasteiger partial charge is 0.398 e. The predicted molar refractivity (Wildman–Crippen MR) is 62.8 cm³/mol. The maximum atomic E-state index is 11.5. The number of rotatable bonds is 5. The number of nitrogens with zero attached hydrogens (tertiary/aromatic N) is 4. The van der Waals surface area contributed by atoms with Crippen LogP contribution in [0.15, 0.2) is 23.1 Å². The first kappa shape index (κ1) is 12.8. The highest BCUT2D eigenvalue weighted by atomic mass is 16.1. The predicted octanol–water partition coefficient (Wildman–Crippen LogP) is -0.220. The molecule has 1 heterocycles. The monoisotopic (exact) mass is 231 g/mol. The Bertz CT molecular complexity index is 492. The molecule has 0 spiro atoms. The van der Waals surface area contributed by atoms with Crippen molar-refractivity contribution in [2.75, 3.05) is 25.4 Å². The molecule has 1 rings (SSSR count). The van der Waals surface area contributed by atoms with Gasteiger partial charge in [0.2, 0.25) is 0 Å². The highest BCUT2D eigenvalue weighted by Crippen LogP contribution is 1.96. The summed E-state index contributed by atoms with van der Waals surface area (Å²) in [4.78, 5) is 13.1. The van der Waals surface area contributed by atoms with E-state index in [-0.39, 0.29) is 18.6 Å². The fourth-order valence-corrected chi connectivity index (χ4v) is 1.39. The Hall–Kier alpha value is -2.31. The maximum Gasteiger partial charge on any atom is 0.250 e. The second kappa shape index (κ2) is 6.31. The van der Waals surface area contributed by atoms with Crippen molar-refractivity contribution in [2.45, 2.75) is 6.54 Å². The fourth-order valence-electron chi connectivity index (χ4n) is 1.39. The molecule has 0 bridgehead atoms. The number of nitriles is 2. The van der Waals surface area contributed by atoms with Crippen molar-refractivity contribution in [3.05, 3.63) is 28.7 Å². The zero-order valence-corrected chi connectivity index (χ0v) is 9.33. The van der Waals surface area contributed by atoms with Gasteiger partial charge >= 0.3 is 0 Å². The summed E-state index contributed by atoms with van der Waals surface area (Å²) in [7, 11) is 0. The number of nitrogens with two attached hydrogens (primary N) is 1. The van der Waals surface area contributed by atoms with E-state index in [2.05, 4.69) is 0 Å². The van der Waals surface area contributed by atoms with Crippen molar-refractivity contribution < 1.29 is 0 Å². The Balaban J connectivity index is 2.66. The van der Waals surface area contributed by atoms with E-state index < -0.39 is 0 Å². The Morgan fingerprint density at radius 1 is 1.29 bits per heavy atom. The van der Waals surface area contributed by atoms with E-state index in [0.29, 0.717) is 18.8 Å². The van der Waals surface area contributed by atoms with Crippen LogP contribution in [0.1, 0.15) is 0 Å². The summed E-state index contributed by atoms with van der Waals surface area (Å²) in [5.74, 6) is 0. The highest BCUT2D eigenvalue weighted by Gasteiger charge is 2.04. The lowest BCUT2D eigenvalue weighted by Crippen LogP contribution is -2.31. The smallest absolute Gasteiger partial charge is 0.250 e. The Labute approximate surface area is 99.1 Å². The summed E-state index contributed by atoms with van der Waals surface area (Å²) >= 11 is 0. The van der Waals surface area contributed by atoms with Crippen LogP contribution in [0.3, 0.4) is 0 Å². The zero-order valence-electron chi connectivity index (χ0n) is 9.33. The van der Waals surface area contributed by atoms with E-state index in [0.717, 1.165) is 0 Å². The van der Waals surface area contributed by atoms with Crippen LogP contribution >= 0.6 is 0 Å². The third-order valence-corrected chi connectivity index (χ3v) is 2.25. The molecule has 0 saturated carbocycles. The molecule has 0 aliphatic rings. The minimum Gasteiger partial charge on any atom is -0.398 e. The molecule has 1 aromatic heterocycles. The summed E-state index contributed by atoms with van der Waals surface area (Å²) < 4.78 is 1.47. The van der Waals surface area contributed by atoms with Gasteiger partial charge in [-0.25, -0.2) is 0 Å². The van der Waals surface area contributed by atoms with Gasteiger partial charge in [-0.15, -0.1) is 0 Å². The summed E-state index contributed by atoms with van der Waals surface area (Å²) in [5, 5.41) is 17.1. The minimum absolute atomic E-state index is 0.145. The topological polar surface area (TPSA) is 98.8 Å². The molecule has 6 nitrogen and oxygen atoms in total. The number of hydrogen-bond acceptors (Lipinski definition) is 5. The van der Waals surface area contributed by atoms with Crippen molar-refractivity contribution in [2.24, 2.45) is 0 Å². The van der Waals surface area contributed by atoms with Crippen LogP contribution < -0.4 is 11.3 Å². The lowest BCUT2D eigenvalue weighted by atomic mass is 10.4. The molecule has 0 unspecified atom stereocenters. The molecule has 2 N–H and O–H groups in total. The summed E-state index contributed by atoms with van der Waals surface area (Å²) in [5.41, 5.74) is 5.94. The van der Waals surface area contributed by atoms with Crippen LogP contribution in [0.2, 0.25) is 0 Å². The fraction of sp³-hybridized carbons (Fsp3) is 0.364. The standard InChI is InChI=1S/C11H13N5O/c12-3-5-15(6-4-13)7-8-16-9-10(14)1-2-11(16)17/h1-2,9H,5-8,14H2. The summed E-state index contributed by atoms with van der Waals surface area (Å²) in [6.07, 6.45) is 1.55. The highest BCUT2D eigenvalue weighted by molar-refractivity contribution is 5.33. The molecule has 1 aromatic rings. The number of hydrogen-bond donors (Lipinski definition) is 1. The number of aromatic nitrogens is 1. The Morgan fingerprint density at radius 2 is 1.94 bits per heavy atom. The molecule has 0 aliphatic heterocycles. The van der Waals surface area contributed by atoms with Gasteiger partial charge < -0.3 is 10.3 Å². The zero-order chi connectivity index (χ0) is 12.7. The molecule has 88 valence electrons. The van der Waals surface area contributed by atoms with Crippen LogP contribution in [0.25, 0.3) is 0 Å². The van der Waals surface area contributed by atoms with Gasteiger partial charge in [0.15, 0.2) is 0 Å². The third kappa shape index (κ3) is 3.98. The molecule has 0 amide bonds. The van der Waals surface area contributed by atoms with Gasteiger partial charge in [-0.3, -0.25) is 9.69 Å². The molecule has 0 radical (unpaired) electrons. The SMILES string of the molecule is N#CCN(CC#N)CCn1cc(N)ccc1=O. The molecule has 17 heavy (non-hydrogen) atoms. The first-order valence-corrected chi connectivity index (χ1v) is 5.09. The first-order chi connectivity index (χ1) is 8.17. The third-order valence-electron chi connectivity index (χ3n) is 2.25. The van der Waals surface area contributed by atoms with E-state index in [1.54, 1.807) is 17.2 Å². The van der Waals surface area contributed by atoms with E-state index in [1.165, 1.54) is 10.6 Å². The normalized spacial score (nSPS) is 9.82. The van der Waals surface area contributed by atoms with Gasteiger partial charge in [-0.05, 0) is 6.07 Å². The quantitative estimate of drug-likeness (QED) is 0.706. The molecule has 0 aliphatic carbocycles. The van der Waals surface area contributed by atoms with Crippen molar-refractivity contribution in [1.82, 2.24) is 9.47 Å². The van der Waals surface area contributed by atoms with Crippen molar-refractivity contribution >= 4 is 5.69 Å². The minimum atomic E-state index is -0.145. The van der Waals surface area contributed by atoms with Crippen molar-refractivity contribution in [3.8, 4) is 12.1 Å². The molecular formula is C11H13N5O. The van der Waals surface area contributed by atoms with Gasteiger partial charge in [0, 0.05) is 31.0 Å². The van der Waals surface area contributed by atoms with Crippen LogP contribution in [-0.2, 0) is 6.54 Å². The second-order valence-electron chi connectivity index (χ2n) is 3.52. The van der Waals surface area contributed by atoms with E-state index >= 15 is 0 Å². The molecule has 0 fully saturated rings. The van der Waals surface area contributed by atoms with Crippen LogP contribution in [-0.4, -0.2) is 29.1 Å². The number of anilines is 1. The van der Waals surface area contributed by atoms with Gasteiger partial charge in [-0.2, -0.15) is 10.5 Å². The lowest BCUT2D eigenvalue weighted by molar-refractivity contribution is 0.324. The maximum absolute atomic E-state index is 11.5. The Morgan fingerprint density at radius 3 is 2.53 bits per heavy atom. The summed E-state index contributed by atoms with van der Waals surface area (Å²) in [6, 6.07) is 6.90. The van der Waals surface area contributed by atoms with Gasteiger partial charge in [0.1, 0.15) is 0 Å². The first-order valence-electron chi connectivity index (χ1n) is 5.09. The van der Waals surface area contributed by atoms with Crippen LogP contribution in [0.4, 0.5) is 5.69 Å². The summed E-state index contributed by atoms with van der Waals surface area (Å²) in [6.45, 7) is 1.22.